The lowest BCUT2D eigenvalue weighted by molar-refractivity contribution is -0.116. The molecule has 0 radical (unpaired) electrons. The van der Waals surface area contributed by atoms with Crippen molar-refractivity contribution in [3.8, 4) is 0 Å². The molecule has 3 aromatic carbocycles. The van der Waals surface area contributed by atoms with Gasteiger partial charge in [0.2, 0.25) is 0 Å². The SMILES string of the molecule is O=C(/C=C/c1ccccc1Cl)C(=Cc1ccccc1Cl)C(=O)/C=C/c1ccccc1Cl. The summed E-state index contributed by atoms with van der Waals surface area (Å²) in [6, 6.07) is 21.2. The van der Waals surface area contributed by atoms with Crippen LogP contribution in [0.3, 0.4) is 0 Å². The zero-order valence-electron chi connectivity index (χ0n) is 16.3. The van der Waals surface area contributed by atoms with Crippen LogP contribution in [0.4, 0.5) is 0 Å². The third-order valence-corrected chi connectivity index (χ3v) is 5.41. The summed E-state index contributed by atoms with van der Waals surface area (Å²) in [5.41, 5.74) is 1.89. The van der Waals surface area contributed by atoms with Crippen molar-refractivity contribution in [1.29, 1.82) is 0 Å². The minimum absolute atomic E-state index is 0.0280. The molecule has 0 amide bonds. The maximum atomic E-state index is 12.9. The lowest BCUT2D eigenvalue weighted by Crippen LogP contribution is -2.08. The van der Waals surface area contributed by atoms with Gasteiger partial charge < -0.3 is 0 Å². The van der Waals surface area contributed by atoms with Crippen LogP contribution in [0, 0.1) is 0 Å². The number of carbonyl (C=O) groups is 2. The Balaban J connectivity index is 1.96. The minimum atomic E-state index is -0.464. The summed E-state index contributed by atoms with van der Waals surface area (Å²) in [5.74, 6) is -0.928. The van der Waals surface area contributed by atoms with E-state index >= 15 is 0 Å². The highest BCUT2D eigenvalue weighted by atomic mass is 35.5. The summed E-state index contributed by atoms with van der Waals surface area (Å²) < 4.78 is 0. The Hall–Kier alpha value is -2.91. The number of allylic oxidation sites excluding steroid dienone is 3. The third-order valence-electron chi connectivity index (χ3n) is 4.37. The van der Waals surface area contributed by atoms with Crippen molar-refractivity contribution >= 4 is 64.6 Å². The van der Waals surface area contributed by atoms with Gasteiger partial charge in [-0.25, -0.2) is 0 Å². The monoisotopic (exact) mass is 466 g/mol. The van der Waals surface area contributed by atoms with Crippen molar-refractivity contribution in [3.63, 3.8) is 0 Å². The molecule has 0 aromatic heterocycles. The molecular weight excluding hydrogens is 451 g/mol. The number of rotatable bonds is 7. The van der Waals surface area contributed by atoms with Crippen LogP contribution in [0.25, 0.3) is 18.2 Å². The molecule has 0 bridgehead atoms. The molecule has 3 aromatic rings. The first kappa shape index (κ1) is 22.8. The average Bonchev–Trinajstić information content (AvgIpc) is 2.77. The molecule has 0 unspecified atom stereocenters. The largest absolute Gasteiger partial charge is 0.289 e. The molecule has 0 spiro atoms. The highest BCUT2D eigenvalue weighted by Gasteiger charge is 2.15. The van der Waals surface area contributed by atoms with Crippen LogP contribution in [0.5, 0.6) is 0 Å². The van der Waals surface area contributed by atoms with Gasteiger partial charge in [0.25, 0.3) is 0 Å². The van der Waals surface area contributed by atoms with Gasteiger partial charge in [-0.2, -0.15) is 0 Å². The predicted octanol–water partition coefficient (Wildman–Crippen LogP) is 7.60. The molecule has 0 aliphatic carbocycles. The highest BCUT2D eigenvalue weighted by molar-refractivity contribution is 6.35. The van der Waals surface area contributed by atoms with Crippen molar-refractivity contribution in [2.45, 2.75) is 0 Å². The first-order valence-corrected chi connectivity index (χ1v) is 10.5. The molecule has 31 heavy (non-hydrogen) atoms. The number of ketones is 2. The van der Waals surface area contributed by atoms with Gasteiger partial charge in [-0.3, -0.25) is 9.59 Å². The topological polar surface area (TPSA) is 34.1 Å². The first-order valence-electron chi connectivity index (χ1n) is 9.36. The van der Waals surface area contributed by atoms with Crippen LogP contribution in [0.2, 0.25) is 15.1 Å². The van der Waals surface area contributed by atoms with E-state index in [0.717, 1.165) is 0 Å². The molecule has 0 aliphatic heterocycles. The lowest BCUT2D eigenvalue weighted by atomic mass is 10.0. The summed E-state index contributed by atoms with van der Waals surface area (Å²) in [5, 5.41) is 1.45. The maximum Gasteiger partial charge on any atom is 0.189 e. The highest BCUT2D eigenvalue weighted by Crippen LogP contribution is 2.22. The van der Waals surface area contributed by atoms with Crippen molar-refractivity contribution in [1.82, 2.24) is 0 Å². The summed E-state index contributed by atoms with van der Waals surface area (Å²) in [6.07, 6.45) is 7.30. The molecule has 0 aliphatic rings. The number of hydrogen-bond donors (Lipinski definition) is 0. The first-order chi connectivity index (χ1) is 15.0. The third kappa shape index (κ3) is 6.28. The van der Waals surface area contributed by atoms with Gasteiger partial charge in [-0.1, -0.05) is 89.4 Å². The van der Waals surface area contributed by atoms with Crippen molar-refractivity contribution in [3.05, 3.63) is 122 Å². The Bertz CT molecular complexity index is 1140. The van der Waals surface area contributed by atoms with Gasteiger partial charge in [-0.15, -0.1) is 0 Å². The Morgan fingerprint density at radius 3 is 1.29 bits per heavy atom. The van der Waals surface area contributed by atoms with Crippen molar-refractivity contribution < 1.29 is 9.59 Å². The van der Waals surface area contributed by atoms with Crippen LogP contribution in [0.1, 0.15) is 16.7 Å². The van der Waals surface area contributed by atoms with E-state index in [2.05, 4.69) is 0 Å². The zero-order chi connectivity index (χ0) is 22.2. The maximum absolute atomic E-state index is 12.9. The molecule has 0 heterocycles. The Kier molecular flexibility index (Phi) is 8.02. The second-order valence-corrected chi connectivity index (χ2v) is 7.74. The number of hydrogen-bond acceptors (Lipinski definition) is 2. The fraction of sp³-hybridized carbons (Fsp3) is 0. The molecule has 0 saturated heterocycles. The van der Waals surface area contributed by atoms with E-state index in [1.165, 1.54) is 18.2 Å². The summed E-state index contributed by atoms with van der Waals surface area (Å²) in [4.78, 5) is 25.9. The van der Waals surface area contributed by atoms with E-state index in [-0.39, 0.29) is 5.57 Å². The fourth-order valence-corrected chi connectivity index (χ4v) is 3.33. The van der Waals surface area contributed by atoms with E-state index < -0.39 is 11.6 Å². The summed E-state index contributed by atoms with van der Waals surface area (Å²) in [7, 11) is 0. The van der Waals surface area contributed by atoms with E-state index in [1.54, 1.807) is 72.8 Å². The summed E-state index contributed by atoms with van der Waals surface area (Å²) >= 11 is 18.5. The second kappa shape index (κ2) is 10.9. The van der Waals surface area contributed by atoms with Crippen LogP contribution in [-0.4, -0.2) is 11.6 Å². The van der Waals surface area contributed by atoms with Crippen LogP contribution < -0.4 is 0 Å². The van der Waals surface area contributed by atoms with Gasteiger partial charge in [0.15, 0.2) is 11.6 Å². The van der Waals surface area contributed by atoms with Crippen molar-refractivity contribution in [2.75, 3.05) is 0 Å². The van der Waals surface area contributed by atoms with Gasteiger partial charge >= 0.3 is 0 Å². The molecule has 3 rings (SSSR count). The average molecular weight is 468 g/mol. The normalized spacial score (nSPS) is 11.1. The quantitative estimate of drug-likeness (QED) is 0.204. The number of carbonyl (C=O) groups excluding carboxylic acids is 2. The summed E-state index contributed by atoms with van der Waals surface area (Å²) in [6.45, 7) is 0. The van der Waals surface area contributed by atoms with Crippen LogP contribution >= 0.6 is 34.8 Å². The number of benzene rings is 3. The molecule has 0 fully saturated rings. The van der Waals surface area contributed by atoms with Gasteiger partial charge in [0, 0.05) is 15.1 Å². The molecular formula is C26H17Cl3O2. The van der Waals surface area contributed by atoms with E-state index in [1.807, 2.05) is 12.1 Å². The minimum Gasteiger partial charge on any atom is -0.289 e. The molecule has 0 N–H and O–H groups in total. The van der Waals surface area contributed by atoms with Gasteiger partial charge in [0.1, 0.15) is 0 Å². The van der Waals surface area contributed by atoms with Crippen molar-refractivity contribution in [2.24, 2.45) is 0 Å². The standard InChI is InChI=1S/C26H17Cl3O2/c27-22-10-4-1-7-18(22)13-15-25(30)21(17-20-9-3-6-12-24(20)29)26(31)16-14-19-8-2-5-11-23(19)28/h1-17H/b15-13+,16-14+. The van der Waals surface area contributed by atoms with Crippen LogP contribution in [-0.2, 0) is 9.59 Å². The fourth-order valence-electron chi connectivity index (χ4n) is 2.74. The second-order valence-electron chi connectivity index (χ2n) is 6.52. The molecule has 0 atom stereocenters. The van der Waals surface area contributed by atoms with E-state index in [0.29, 0.717) is 31.8 Å². The van der Waals surface area contributed by atoms with Gasteiger partial charge in [-0.05, 0) is 65.3 Å². The number of halogens is 3. The Morgan fingerprint density at radius 1 is 0.548 bits per heavy atom. The lowest BCUT2D eigenvalue weighted by Gasteiger charge is -2.03. The van der Waals surface area contributed by atoms with E-state index in [4.69, 9.17) is 34.8 Å². The molecule has 0 saturated carbocycles. The molecule has 2 nitrogen and oxygen atoms in total. The van der Waals surface area contributed by atoms with E-state index in [9.17, 15) is 9.59 Å². The molecule has 154 valence electrons. The van der Waals surface area contributed by atoms with Gasteiger partial charge in [0.05, 0.1) is 5.57 Å². The smallest absolute Gasteiger partial charge is 0.189 e. The zero-order valence-corrected chi connectivity index (χ0v) is 18.5. The van der Waals surface area contributed by atoms with Crippen LogP contribution in [0.15, 0.2) is 90.5 Å². The Labute approximate surface area is 196 Å². The predicted molar refractivity (Wildman–Crippen MR) is 130 cm³/mol. The Morgan fingerprint density at radius 2 is 0.903 bits per heavy atom. The molecule has 5 heteroatoms.